The molecule has 18 heavy (non-hydrogen) atoms. The van der Waals surface area contributed by atoms with Gasteiger partial charge in [-0.25, -0.2) is 0 Å². The van der Waals surface area contributed by atoms with Crippen molar-refractivity contribution in [2.75, 3.05) is 0 Å². The number of rotatable bonds is 2. The van der Waals surface area contributed by atoms with Gasteiger partial charge in [0.15, 0.2) is 11.5 Å². The van der Waals surface area contributed by atoms with Crippen molar-refractivity contribution >= 4 is 17.5 Å². The fraction of sp³-hybridized carbons (Fsp3) is 0.462. The van der Waals surface area contributed by atoms with Gasteiger partial charge in [0.1, 0.15) is 0 Å². The highest BCUT2D eigenvalue weighted by atomic mass is 35.5. The number of carbonyl (C=O) groups is 1. The number of para-hydroxylation sites is 1. The maximum atomic E-state index is 12.0. The summed E-state index contributed by atoms with van der Waals surface area (Å²) in [6.07, 6.45) is 3.86. The molecule has 1 aromatic rings. The Morgan fingerprint density at radius 3 is 2.72 bits per heavy atom. The van der Waals surface area contributed by atoms with E-state index < -0.39 is 11.7 Å². The van der Waals surface area contributed by atoms with Crippen LogP contribution in [0, 0.1) is 0 Å². The average Bonchev–Trinajstić information content (AvgIpc) is 2.35. The number of benzene rings is 1. The van der Waals surface area contributed by atoms with Crippen LogP contribution in [0.5, 0.6) is 11.5 Å². The van der Waals surface area contributed by atoms with Gasteiger partial charge in [0.05, 0.1) is 10.9 Å². The van der Waals surface area contributed by atoms with E-state index in [1.54, 1.807) is 0 Å². The summed E-state index contributed by atoms with van der Waals surface area (Å²) >= 11 is 6.16. The van der Waals surface area contributed by atoms with Crippen LogP contribution in [0.1, 0.15) is 36.0 Å². The first-order valence-corrected chi connectivity index (χ1v) is 6.49. The fourth-order valence-corrected chi connectivity index (χ4v) is 2.55. The van der Waals surface area contributed by atoms with Crippen molar-refractivity contribution < 1.29 is 15.0 Å². The highest BCUT2D eigenvalue weighted by Gasteiger charge is 2.26. The molecule has 0 saturated heterocycles. The van der Waals surface area contributed by atoms with Crippen molar-refractivity contribution in [2.24, 2.45) is 0 Å². The molecule has 0 aliphatic heterocycles. The molecule has 0 aromatic heterocycles. The topological polar surface area (TPSA) is 69.6 Å². The van der Waals surface area contributed by atoms with Gasteiger partial charge in [-0.2, -0.15) is 0 Å². The van der Waals surface area contributed by atoms with Crippen LogP contribution in [0.2, 0.25) is 0 Å². The second-order valence-corrected chi connectivity index (χ2v) is 5.11. The first-order chi connectivity index (χ1) is 8.59. The molecule has 98 valence electrons. The summed E-state index contributed by atoms with van der Waals surface area (Å²) in [6.45, 7) is 0. The smallest absolute Gasteiger partial charge is 0.255 e. The number of nitrogens with one attached hydrogen (secondary N) is 1. The number of halogens is 1. The highest BCUT2D eigenvalue weighted by Crippen LogP contribution is 2.29. The van der Waals surface area contributed by atoms with E-state index in [1.165, 1.54) is 18.2 Å². The average molecular weight is 270 g/mol. The zero-order chi connectivity index (χ0) is 13.1. The third kappa shape index (κ3) is 2.70. The molecule has 1 fully saturated rings. The molecule has 2 rings (SSSR count). The zero-order valence-electron chi connectivity index (χ0n) is 9.90. The second-order valence-electron chi connectivity index (χ2n) is 4.55. The molecule has 1 aliphatic carbocycles. The van der Waals surface area contributed by atoms with Gasteiger partial charge < -0.3 is 15.5 Å². The molecule has 0 bridgehead atoms. The Labute approximate surface area is 111 Å². The van der Waals surface area contributed by atoms with Crippen LogP contribution in [0.25, 0.3) is 0 Å². The Kier molecular flexibility index (Phi) is 3.97. The molecule has 0 radical (unpaired) electrons. The van der Waals surface area contributed by atoms with Crippen molar-refractivity contribution in [3.05, 3.63) is 23.8 Å². The predicted molar refractivity (Wildman–Crippen MR) is 69.1 cm³/mol. The minimum absolute atomic E-state index is 0.0675. The predicted octanol–water partition coefficient (Wildman–Crippen LogP) is 2.38. The molecule has 2 unspecified atom stereocenters. The van der Waals surface area contributed by atoms with Crippen molar-refractivity contribution in [3.8, 4) is 11.5 Å². The third-order valence-corrected chi connectivity index (χ3v) is 3.78. The summed E-state index contributed by atoms with van der Waals surface area (Å²) < 4.78 is 0. The van der Waals surface area contributed by atoms with Gasteiger partial charge >= 0.3 is 0 Å². The van der Waals surface area contributed by atoms with Gasteiger partial charge in [-0.1, -0.05) is 18.9 Å². The Hall–Kier alpha value is -1.42. The molecule has 3 N–H and O–H groups in total. The van der Waals surface area contributed by atoms with E-state index in [4.69, 9.17) is 11.6 Å². The molecule has 0 heterocycles. The Morgan fingerprint density at radius 1 is 1.28 bits per heavy atom. The minimum atomic E-state index is -0.402. The normalized spacial score (nSPS) is 23.6. The molecule has 2 atom stereocenters. The van der Waals surface area contributed by atoms with Gasteiger partial charge in [0.25, 0.3) is 5.91 Å². The molecule has 0 spiro atoms. The van der Waals surface area contributed by atoms with Crippen LogP contribution in [0.15, 0.2) is 18.2 Å². The van der Waals surface area contributed by atoms with E-state index in [9.17, 15) is 15.0 Å². The third-order valence-electron chi connectivity index (χ3n) is 3.26. The maximum Gasteiger partial charge on any atom is 0.255 e. The van der Waals surface area contributed by atoms with Gasteiger partial charge in [-0.3, -0.25) is 4.79 Å². The standard InChI is InChI=1S/C13H16ClNO3/c14-9-5-1-2-6-10(9)15-13(18)8-4-3-7-11(16)12(8)17/h3-4,7,9-10,16-17H,1-2,5-6H2,(H,15,18). The molecular formula is C13H16ClNO3. The van der Waals surface area contributed by atoms with Gasteiger partial charge in [-0.05, 0) is 25.0 Å². The van der Waals surface area contributed by atoms with E-state index >= 15 is 0 Å². The van der Waals surface area contributed by atoms with Crippen LogP contribution < -0.4 is 5.32 Å². The summed E-state index contributed by atoms with van der Waals surface area (Å²) in [5.74, 6) is -1.09. The van der Waals surface area contributed by atoms with E-state index in [0.29, 0.717) is 0 Å². The SMILES string of the molecule is O=C(NC1CCCCC1Cl)c1cccc(O)c1O. The number of phenols is 2. The van der Waals surface area contributed by atoms with Crippen LogP contribution in [-0.2, 0) is 0 Å². The van der Waals surface area contributed by atoms with E-state index in [2.05, 4.69) is 5.32 Å². The Bertz CT molecular complexity index is 450. The number of hydrogen-bond acceptors (Lipinski definition) is 3. The summed E-state index contributed by atoms with van der Waals surface area (Å²) in [7, 11) is 0. The van der Waals surface area contributed by atoms with Gasteiger partial charge in [0, 0.05) is 6.04 Å². The molecule has 1 saturated carbocycles. The molecule has 5 heteroatoms. The van der Waals surface area contributed by atoms with Crippen LogP contribution in [-0.4, -0.2) is 27.5 Å². The molecule has 1 aliphatic rings. The molecule has 1 amide bonds. The van der Waals surface area contributed by atoms with Crippen LogP contribution >= 0.6 is 11.6 Å². The first-order valence-electron chi connectivity index (χ1n) is 6.05. The minimum Gasteiger partial charge on any atom is -0.504 e. The van der Waals surface area contributed by atoms with Crippen molar-refractivity contribution in [3.63, 3.8) is 0 Å². The Morgan fingerprint density at radius 2 is 2.00 bits per heavy atom. The highest BCUT2D eigenvalue weighted by molar-refractivity contribution is 6.21. The lowest BCUT2D eigenvalue weighted by Crippen LogP contribution is -2.42. The maximum absolute atomic E-state index is 12.0. The summed E-state index contributed by atoms with van der Waals surface area (Å²) in [6, 6.07) is 4.24. The monoisotopic (exact) mass is 269 g/mol. The molecule has 4 nitrogen and oxygen atoms in total. The van der Waals surface area contributed by atoms with E-state index in [1.807, 2.05) is 0 Å². The number of phenolic OH excluding ortho intramolecular Hbond substituents is 2. The van der Waals surface area contributed by atoms with Crippen molar-refractivity contribution in [1.82, 2.24) is 5.32 Å². The van der Waals surface area contributed by atoms with Gasteiger partial charge in [0.2, 0.25) is 0 Å². The lowest BCUT2D eigenvalue weighted by Gasteiger charge is -2.27. The van der Waals surface area contributed by atoms with Crippen molar-refractivity contribution in [2.45, 2.75) is 37.1 Å². The second kappa shape index (κ2) is 5.48. The van der Waals surface area contributed by atoms with E-state index in [0.717, 1.165) is 25.7 Å². The number of aromatic hydroxyl groups is 2. The quantitative estimate of drug-likeness (QED) is 0.570. The number of amides is 1. The summed E-state index contributed by atoms with van der Waals surface area (Å²) in [5.41, 5.74) is 0.0736. The lowest BCUT2D eigenvalue weighted by atomic mass is 9.94. The van der Waals surface area contributed by atoms with Crippen LogP contribution in [0.4, 0.5) is 0 Å². The number of hydrogen-bond donors (Lipinski definition) is 3. The first kappa shape index (κ1) is 13.0. The number of alkyl halides is 1. The summed E-state index contributed by atoms with van der Waals surface area (Å²) in [4.78, 5) is 12.0. The molecule has 1 aromatic carbocycles. The summed E-state index contributed by atoms with van der Waals surface area (Å²) in [5, 5.41) is 21.7. The Balaban J connectivity index is 2.09. The largest absolute Gasteiger partial charge is 0.504 e. The number of carbonyl (C=O) groups excluding carboxylic acids is 1. The van der Waals surface area contributed by atoms with Crippen LogP contribution in [0.3, 0.4) is 0 Å². The van der Waals surface area contributed by atoms with Gasteiger partial charge in [-0.15, -0.1) is 11.6 Å². The van der Waals surface area contributed by atoms with E-state index in [-0.39, 0.29) is 22.7 Å². The van der Waals surface area contributed by atoms with Crippen molar-refractivity contribution in [1.29, 1.82) is 0 Å². The fourth-order valence-electron chi connectivity index (χ4n) is 2.21. The molecular weight excluding hydrogens is 254 g/mol. The zero-order valence-corrected chi connectivity index (χ0v) is 10.7. The lowest BCUT2D eigenvalue weighted by molar-refractivity contribution is 0.0925.